The van der Waals surface area contributed by atoms with E-state index in [-0.39, 0.29) is 17.2 Å². The molecule has 5 heteroatoms. The van der Waals surface area contributed by atoms with E-state index in [0.717, 1.165) is 25.8 Å². The van der Waals surface area contributed by atoms with Gasteiger partial charge in [-0.25, -0.2) is 0 Å². The van der Waals surface area contributed by atoms with Gasteiger partial charge in [0.25, 0.3) is 0 Å². The molecule has 0 radical (unpaired) electrons. The molecule has 0 aromatic heterocycles. The maximum Gasteiger partial charge on any atom is 0.237 e. The normalized spacial score (nSPS) is 24.8. The molecule has 1 amide bonds. The topological polar surface area (TPSA) is 58.2 Å². The molecule has 3 atom stereocenters. The van der Waals surface area contributed by atoms with Crippen molar-refractivity contribution in [3.8, 4) is 0 Å². The highest BCUT2D eigenvalue weighted by atomic mass is 32.2. The van der Waals surface area contributed by atoms with Crippen molar-refractivity contribution in [1.29, 1.82) is 0 Å². The van der Waals surface area contributed by atoms with Gasteiger partial charge >= 0.3 is 0 Å². The largest absolute Gasteiger partial charge is 0.355 e. The van der Waals surface area contributed by atoms with Crippen LogP contribution in [-0.2, 0) is 15.6 Å². The Labute approximate surface area is 93.7 Å². The van der Waals surface area contributed by atoms with Crippen molar-refractivity contribution >= 4 is 16.7 Å². The van der Waals surface area contributed by atoms with Crippen LogP contribution < -0.4 is 10.6 Å². The number of amides is 1. The molecule has 1 fully saturated rings. The molecule has 15 heavy (non-hydrogen) atoms. The fraction of sp³-hybridized carbons (Fsp3) is 0.900. The van der Waals surface area contributed by atoms with Crippen molar-refractivity contribution in [2.24, 2.45) is 0 Å². The molecule has 0 aliphatic carbocycles. The minimum atomic E-state index is -0.794. The summed E-state index contributed by atoms with van der Waals surface area (Å²) in [5, 5.41) is 6.17. The molecule has 0 bridgehead atoms. The summed E-state index contributed by atoms with van der Waals surface area (Å²) in [5.41, 5.74) is 0. The summed E-state index contributed by atoms with van der Waals surface area (Å²) in [4.78, 5) is 11.5. The van der Waals surface area contributed by atoms with Gasteiger partial charge in [0.15, 0.2) is 0 Å². The molecule has 2 N–H and O–H groups in total. The van der Waals surface area contributed by atoms with E-state index in [1.165, 1.54) is 0 Å². The van der Waals surface area contributed by atoms with E-state index >= 15 is 0 Å². The molecular weight excluding hydrogens is 212 g/mol. The first kappa shape index (κ1) is 12.6. The molecule has 0 aromatic carbocycles. The maximum atomic E-state index is 11.5. The summed E-state index contributed by atoms with van der Waals surface area (Å²) in [6, 6.07) is -0.00701. The number of nitrogens with one attached hydrogen (secondary N) is 2. The Kier molecular flexibility index (Phi) is 5.25. The van der Waals surface area contributed by atoms with Crippen LogP contribution >= 0.6 is 0 Å². The molecule has 0 aromatic rings. The van der Waals surface area contributed by atoms with E-state index in [9.17, 15) is 9.00 Å². The van der Waals surface area contributed by atoms with Crippen molar-refractivity contribution < 1.29 is 9.00 Å². The zero-order chi connectivity index (χ0) is 11.3. The van der Waals surface area contributed by atoms with E-state index in [1.54, 1.807) is 6.26 Å². The van der Waals surface area contributed by atoms with Crippen molar-refractivity contribution in [3.05, 3.63) is 0 Å². The number of carbonyl (C=O) groups is 1. The van der Waals surface area contributed by atoms with Crippen molar-refractivity contribution in [3.63, 3.8) is 0 Å². The average Bonchev–Trinajstić information content (AvgIpc) is 2.70. The highest BCUT2D eigenvalue weighted by molar-refractivity contribution is 7.84. The third kappa shape index (κ3) is 4.30. The van der Waals surface area contributed by atoms with Crippen LogP contribution in [0.25, 0.3) is 0 Å². The van der Waals surface area contributed by atoms with Crippen molar-refractivity contribution in [2.45, 2.75) is 37.5 Å². The molecule has 4 nitrogen and oxygen atoms in total. The summed E-state index contributed by atoms with van der Waals surface area (Å²) in [6.07, 6.45) is 4.49. The van der Waals surface area contributed by atoms with Gasteiger partial charge in [0.2, 0.25) is 5.91 Å². The predicted molar refractivity (Wildman–Crippen MR) is 62.2 cm³/mol. The van der Waals surface area contributed by atoms with Gasteiger partial charge in [-0.1, -0.05) is 6.92 Å². The lowest BCUT2D eigenvalue weighted by Gasteiger charge is -2.12. The van der Waals surface area contributed by atoms with E-state index in [1.807, 2.05) is 6.92 Å². The van der Waals surface area contributed by atoms with Gasteiger partial charge in [0.1, 0.15) is 0 Å². The van der Waals surface area contributed by atoms with Gasteiger partial charge in [-0.05, 0) is 25.8 Å². The molecule has 0 saturated carbocycles. The van der Waals surface area contributed by atoms with Gasteiger partial charge in [-0.15, -0.1) is 0 Å². The summed E-state index contributed by atoms with van der Waals surface area (Å²) >= 11 is 0. The van der Waals surface area contributed by atoms with E-state index < -0.39 is 10.8 Å². The van der Waals surface area contributed by atoms with Crippen LogP contribution in [0.3, 0.4) is 0 Å². The maximum absolute atomic E-state index is 11.5. The second kappa shape index (κ2) is 6.23. The predicted octanol–water partition coefficient (Wildman–Crippen LogP) is 0.0117. The zero-order valence-electron chi connectivity index (χ0n) is 9.41. The summed E-state index contributed by atoms with van der Waals surface area (Å²) in [6.45, 7) is 3.50. The molecule has 88 valence electrons. The second-order valence-corrected chi connectivity index (χ2v) is 5.84. The van der Waals surface area contributed by atoms with Crippen LogP contribution in [0.4, 0.5) is 0 Å². The van der Waals surface area contributed by atoms with Crippen LogP contribution in [-0.4, -0.2) is 40.8 Å². The first-order chi connectivity index (χ1) is 7.11. The van der Waals surface area contributed by atoms with Crippen LogP contribution in [0.2, 0.25) is 0 Å². The van der Waals surface area contributed by atoms with Crippen molar-refractivity contribution in [1.82, 2.24) is 10.6 Å². The number of rotatable bonds is 5. The Hall–Kier alpha value is -0.420. The highest BCUT2D eigenvalue weighted by Crippen LogP contribution is 2.04. The molecule has 3 unspecified atom stereocenters. The quantitative estimate of drug-likeness (QED) is 0.702. The van der Waals surface area contributed by atoms with Gasteiger partial charge in [-0.3, -0.25) is 9.00 Å². The van der Waals surface area contributed by atoms with Crippen LogP contribution in [0.15, 0.2) is 0 Å². The minimum absolute atomic E-state index is 0.00701. The molecule has 1 heterocycles. The molecule has 1 aliphatic rings. The molecule has 0 spiro atoms. The Morgan fingerprint density at radius 2 is 2.40 bits per heavy atom. The van der Waals surface area contributed by atoms with Gasteiger partial charge < -0.3 is 10.6 Å². The van der Waals surface area contributed by atoms with E-state index in [4.69, 9.17) is 0 Å². The summed E-state index contributed by atoms with van der Waals surface area (Å²) in [5.74, 6) is 0.0848. The van der Waals surface area contributed by atoms with Crippen LogP contribution in [0.1, 0.15) is 26.2 Å². The van der Waals surface area contributed by atoms with Crippen molar-refractivity contribution in [2.75, 3.05) is 19.3 Å². The van der Waals surface area contributed by atoms with Gasteiger partial charge in [-0.2, -0.15) is 0 Å². The fourth-order valence-electron chi connectivity index (χ4n) is 1.60. The van der Waals surface area contributed by atoms with Crippen LogP contribution in [0.5, 0.6) is 0 Å². The number of hydrogen-bond donors (Lipinski definition) is 2. The fourth-order valence-corrected chi connectivity index (χ4v) is 2.05. The Balaban J connectivity index is 2.14. The zero-order valence-corrected chi connectivity index (χ0v) is 10.2. The number of carbonyl (C=O) groups excluding carboxylic acids is 1. The number of hydrogen-bond acceptors (Lipinski definition) is 3. The van der Waals surface area contributed by atoms with E-state index in [2.05, 4.69) is 10.6 Å². The third-order valence-corrected chi connectivity index (χ3v) is 4.16. The summed E-state index contributed by atoms with van der Waals surface area (Å²) in [7, 11) is -0.794. The smallest absolute Gasteiger partial charge is 0.237 e. The molecule has 1 aliphatic heterocycles. The first-order valence-corrected chi connectivity index (χ1v) is 7.06. The molecule has 1 rings (SSSR count). The molecule has 1 saturated heterocycles. The standard InChI is InChI=1S/C10H20N2O2S/c1-8(15(2)14)5-7-12-10(13)9-4-3-6-11-9/h8-9,11H,3-7H2,1-2H3,(H,12,13). The van der Waals surface area contributed by atoms with Gasteiger partial charge in [0, 0.05) is 28.9 Å². The Morgan fingerprint density at radius 3 is 2.93 bits per heavy atom. The van der Waals surface area contributed by atoms with E-state index in [0.29, 0.717) is 6.54 Å². The average molecular weight is 232 g/mol. The van der Waals surface area contributed by atoms with Crippen LogP contribution in [0, 0.1) is 0 Å². The Bertz CT molecular complexity index is 240. The highest BCUT2D eigenvalue weighted by Gasteiger charge is 2.21. The second-order valence-electron chi connectivity index (χ2n) is 4.04. The monoisotopic (exact) mass is 232 g/mol. The first-order valence-electron chi connectivity index (χ1n) is 5.44. The summed E-state index contributed by atoms with van der Waals surface area (Å²) < 4.78 is 11.1. The minimum Gasteiger partial charge on any atom is -0.355 e. The third-order valence-electron chi connectivity index (χ3n) is 2.79. The molecular formula is C10H20N2O2S. The lowest BCUT2D eigenvalue weighted by molar-refractivity contribution is -0.122. The lowest BCUT2D eigenvalue weighted by Crippen LogP contribution is -2.41. The lowest BCUT2D eigenvalue weighted by atomic mass is 10.2. The Morgan fingerprint density at radius 1 is 1.67 bits per heavy atom. The SMILES string of the molecule is CC(CCNC(=O)C1CCCN1)S(C)=O. The van der Waals surface area contributed by atoms with Gasteiger partial charge in [0.05, 0.1) is 6.04 Å².